The van der Waals surface area contributed by atoms with E-state index in [-0.39, 0.29) is 28.6 Å². The molecule has 0 aliphatic carbocycles. The Morgan fingerprint density at radius 3 is 2.69 bits per heavy atom. The number of benzene rings is 2. The van der Waals surface area contributed by atoms with E-state index >= 15 is 0 Å². The second-order valence-corrected chi connectivity index (χ2v) is 8.37. The van der Waals surface area contributed by atoms with Crippen LogP contribution in [-0.4, -0.2) is 21.8 Å². The van der Waals surface area contributed by atoms with Gasteiger partial charge in [-0.2, -0.15) is 0 Å². The molecule has 0 fully saturated rings. The first-order valence-electron chi connectivity index (χ1n) is 9.37. The highest BCUT2D eigenvalue weighted by molar-refractivity contribution is 7.98. The third-order valence-electron chi connectivity index (χ3n) is 4.72. The van der Waals surface area contributed by atoms with Gasteiger partial charge in [-0.15, -0.1) is 0 Å². The van der Waals surface area contributed by atoms with Crippen molar-refractivity contribution >= 4 is 46.7 Å². The summed E-state index contributed by atoms with van der Waals surface area (Å²) in [5.41, 5.74) is -0.0940. The molecule has 2 amide bonds. The molecule has 0 spiro atoms. The molecule has 2 heterocycles. The van der Waals surface area contributed by atoms with E-state index in [0.717, 1.165) is 23.8 Å². The van der Waals surface area contributed by atoms with Gasteiger partial charge in [0.2, 0.25) is 11.8 Å². The Kier molecular flexibility index (Phi) is 6.24. The maximum Gasteiger partial charge on any atom is 0.257 e. The zero-order valence-corrected chi connectivity index (χ0v) is 17.8. The molecule has 0 bridgehead atoms. The van der Waals surface area contributed by atoms with Gasteiger partial charge in [0.05, 0.1) is 17.2 Å². The highest BCUT2D eigenvalue weighted by Crippen LogP contribution is 2.31. The van der Waals surface area contributed by atoms with Crippen molar-refractivity contribution in [2.45, 2.75) is 23.2 Å². The van der Waals surface area contributed by atoms with Gasteiger partial charge >= 0.3 is 0 Å². The fraction of sp³-hybridized carbons (Fsp3) is 0.143. The van der Waals surface area contributed by atoms with Crippen LogP contribution in [0.2, 0.25) is 5.02 Å². The highest BCUT2D eigenvalue weighted by Gasteiger charge is 2.35. The number of nitrogens with zero attached hydrogens (tertiary/aromatic N) is 1. The fourth-order valence-electron chi connectivity index (χ4n) is 3.19. The van der Waals surface area contributed by atoms with Gasteiger partial charge in [-0.25, -0.2) is 13.8 Å². The Labute approximate surface area is 189 Å². The van der Waals surface area contributed by atoms with Gasteiger partial charge < -0.3 is 15.6 Å². The number of halogens is 3. The Morgan fingerprint density at radius 2 is 1.94 bits per heavy atom. The number of amides is 2. The number of fused-ring (bicyclic) bond motifs is 1. The van der Waals surface area contributed by atoms with E-state index in [1.165, 1.54) is 11.8 Å². The third kappa shape index (κ3) is 4.81. The van der Waals surface area contributed by atoms with E-state index in [4.69, 9.17) is 11.6 Å². The lowest BCUT2D eigenvalue weighted by atomic mass is 9.92. The van der Waals surface area contributed by atoms with Crippen LogP contribution in [0.1, 0.15) is 23.5 Å². The minimum absolute atomic E-state index is 0.0385. The van der Waals surface area contributed by atoms with Crippen molar-refractivity contribution in [2.75, 3.05) is 10.6 Å². The SMILES string of the molecule is O=C1C[C@H](C(=O)Nc2cc(F)ccc2F)c2c(nc(SCc3ccc(Cl)cc3)[nH]c2=O)N1. The van der Waals surface area contributed by atoms with Gasteiger partial charge in [0, 0.05) is 23.3 Å². The number of thioether (sulfide) groups is 1. The first kappa shape index (κ1) is 22.0. The van der Waals surface area contributed by atoms with Crippen molar-refractivity contribution in [3.63, 3.8) is 0 Å². The summed E-state index contributed by atoms with van der Waals surface area (Å²) >= 11 is 7.10. The molecule has 1 aliphatic heterocycles. The molecule has 3 N–H and O–H groups in total. The van der Waals surface area contributed by atoms with E-state index in [1.807, 2.05) is 12.1 Å². The Morgan fingerprint density at radius 1 is 1.19 bits per heavy atom. The van der Waals surface area contributed by atoms with Crippen molar-refractivity contribution in [1.29, 1.82) is 0 Å². The molecule has 32 heavy (non-hydrogen) atoms. The predicted molar refractivity (Wildman–Crippen MR) is 117 cm³/mol. The zero-order chi connectivity index (χ0) is 22.8. The standard InChI is InChI=1S/C21H15ClF2N4O3S/c22-11-3-1-10(2-4-11)9-32-21-27-18-17(20(31)28-21)13(8-16(29)26-18)19(30)25-15-7-12(23)5-6-14(15)24/h1-7,13H,8-9H2,(H,25,30)(H2,26,27,28,29,31)/t13-/m0/s1. The summed E-state index contributed by atoms with van der Waals surface area (Å²) in [5.74, 6) is -3.71. The minimum atomic E-state index is -1.21. The predicted octanol–water partition coefficient (Wildman–Crippen LogP) is 4.06. The van der Waals surface area contributed by atoms with E-state index < -0.39 is 34.9 Å². The molecule has 1 atom stereocenters. The van der Waals surface area contributed by atoms with E-state index in [9.17, 15) is 23.2 Å². The number of aromatic amines is 1. The molecule has 4 rings (SSSR count). The van der Waals surface area contributed by atoms with Crippen LogP contribution in [0.3, 0.4) is 0 Å². The van der Waals surface area contributed by atoms with Crippen LogP contribution in [0, 0.1) is 11.6 Å². The van der Waals surface area contributed by atoms with Crippen molar-refractivity contribution in [2.24, 2.45) is 0 Å². The number of nitrogens with one attached hydrogen (secondary N) is 3. The molecular formula is C21H15ClF2N4O3S. The average Bonchev–Trinajstić information content (AvgIpc) is 2.75. The topological polar surface area (TPSA) is 104 Å². The molecular weight excluding hydrogens is 462 g/mol. The van der Waals surface area contributed by atoms with Crippen LogP contribution in [0.5, 0.6) is 0 Å². The van der Waals surface area contributed by atoms with E-state index in [0.29, 0.717) is 10.8 Å². The van der Waals surface area contributed by atoms with Crippen LogP contribution < -0.4 is 16.2 Å². The fourth-order valence-corrected chi connectivity index (χ4v) is 4.13. The molecule has 1 aliphatic rings. The quantitative estimate of drug-likeness (QED) is 0.380. The molecule has 0 radical (unpaired) electrons. The van der Waals surface area contributed by atoms with Crippen LogP contribution in [-0.2, 0) is 15.3 Å². The first-order chi connectivity index (χ1) is 15.3. The minimum Gasteiger partial charge on any atom is -0.323 e. The maximum absolute atomic E-state index is 13.9. The Balaban J connectivity index is 1.58. The number of hydrogen-bond donors (Lipinski definition) is 3. The number of hydrogen-bond acceptors (Lipinski definition) is 5. The van der Waals surface area contributed by atoms with Gasteiger partial charge in [-0.3, -0.25) is 14.4 Å². The number of H-pyrrole nitrogens is 1. The molecule has 0 saturated carbocycles. The van der Waals surface area contributed by atoms with E-state index in [1.54, 1.807) is 12.1 Å². The number of carbonyl (C=O) groups is 2. The second kappa shape index (κ2) is 9.09. The average molecular weight is 477 g/mol. The number of rotatable bonds is 5. The molecule has 1 aromatic heterocycles. The lowest BCUT2D eigenvalue weighted by Crippen LogP contribution is -2.36. The summed E-state index contributed by atoms with van der Waals surface area (Å²) in [5, 5.41) is 5.60. The van der Waals surface area contributed by atoms with Gasteiger partial charge in [0.15, 0.2) is 5.16 Å². The smallest absolute Gasteiger partial charge is 0.257 e. The largest absolute Gasteiger partial charge is 0.323 e. The molecule has 164 valence electrons. The van der Waals surface area contributed by atoms with Crippen molar-refractivity contribution < 1.29 is 18.4 Å². The molecule has 11 heteroatoms. The first-order valence-corrected chi connectivity index (χ1v) is 10.7. The summed E-state index contributed by atoms with van der Waals surface area (Å²) in [4.78, 5) is 44.5. The molecule has 2 aromatic carbocycles. The van der Waals surface area contributed by atoms with Crippen LogP contribution in [0.4, 0.5) is 20.3 Å². The number of aromatic nitrogens is 2. The zero-order valence-electron chi connectivity index (χ0n) is 16.2. The lowest BCUT2D eigenvalue weighted by molar-refractivity contribution is -0.123. The van der Waals surface area contributed by atoms with Crippen molar-refractivity contribution in [3.05, 3.63) is 80.6 Å². The van der Waals surface area contributed by atoms with Crippen LogP contribution in [0.25, 0.3) is 0 Å². The lowest BCUT2D eigenvalue weighted by Gasteiger charge is -2.23. The van der Waals surface area contributed by atoms with Crippen LogP contribution >= 0.6 is 23.4 Å². The maximum atomic E-state index is 13.9. The highest BCUT2D eigenvalue weighted by atomic mass is 35.5. The Hall–Kier alpha value is -3.24. The Bertz CT molecular complexity index is 1270. The van der Waals surface area contributed by atoms with Crippen LogP contribution in [0.15, 0.2) is 52.4 Å². The molecule has 0 saturated heterocycles. The van der Waals surface area contributed by atoms with Gasteiger partial charge in [0.25, 0.3) is 5.56 Å². The van der Waals surface area contributed by atoms with E-state index in [2.05, 4.69) is 20.6 Å². The summed E-state index contributed by atoms with van der Waals surface area (Å²) in [6, 6.07) is 9.74. The number of anilines is 2. The summed E-state index contributed by atoms with van der Waals surface area (Å²) in [6.45, 7) is 0. The van der Waals surface area contributed by atoms with Gasteiger partial charge in [-0.05, 0) is 29.8 Å². The van der Waals surface area contributed by atoms with Gasteiger partial charge in [0.1, 0.15) is 17.5 Å². The molecule has 3 aromatic rings. The number of carbonyl (C=O) groups excluding carboxylic acids is 2. The molecule has 0 unspecified atom stereocenters. The summed E-state index contributed by atoms with van der Waals surface area (Å²) < 4.78 is 27.3. The third-order valence-corrected chi connectivity index (χ3v) is 5.92. The van der Waals surface area contributed by atoms with Crippen molar-refractivity contribution in [1.82, 2.24) is 9.97 Å². The summed E-state index contributed by atoms with van der Waals surface area (Å²) in [7, 11) is 0. The second-order valence-electron chi connectivity index (χ2n) is 6.97. The van der Waals surface area contributed by atoms with Gasteiger partial charge in [-0.1, -0.05) is 35.5 Å². The monoisotopic (exact) mass is 476 g/mol. The molecule has 7 nitrogen and oxygen atoms in total. The van der Waals surface area contributed by atoms with Crippen molar-refractivity contribution in [3.8, 4) is 0 Å². The normalized spacial score (nSPS) is 15.1. The summed E-state index contributed by atoms with van der Waals surface area (Å²) in [6.07, 6.45) is -0.336.